The van der Waals surface area contributed by atoms with Gasteiger partial charge in [0.15, 0.2) is 11.6 Å². The van der Waals surface area contributed by atoms with Crippen molar-refractivity contribution in [2.45, 2.75) is 24.4 Å². The largest absolute Gasteiger partial charge is 0.494 e. The Bertz CT molecular complexity index is 809. The highest BCUT2D eigenvalue weighted by molar-refractivity contribution is 5.48. The summed E-state index contributed by atoms with van der Waals surface area (Å²) in [7, 11) is 3.62. The molecule has 2 aliphatic heterocycles. The van der Waals surface area contributed by atoms with E-state index in [0.29, 0.717) is 24.9 Å². The first-order valence-corrected chi connectivity index (χ1v) is 10.0. The predicted molar refractivity (Wildman–Crippen MR) is 114 cm³/mol. The van der Waals surface area contributed by atoms with Crippen molar-refractivity contribution in [2.24, 2.45) is 0 Å². The Morgan fingerprint density at radius 3 is 2.31 bits per heavy atom. The number of nitrogens with zero attached hydrogens (tertiary/aromatic N) is 1. The van der Waals surface area contributed by atoms with Crippen molar-refractivity contribution in [3.63, 3.8) is 0 Å². The van der Waals surface area contributed by atoms with E-state index in [1.807, 2.05) is 30.3 Å². The second-order valence-electron chi connectivity index (χ2n) is 7.82. The maximum Gasteiger partial charge on any atom is 0.165 e. The molecule has 1 N–H and O–H groups in total. The summed E-state index contributed by atoms with van der Waals surface area (Å²) < 4.78 is 23.4. The van der Waals surface area contributed by atoms with E-state index in [2.05, 4.69) is 18.5 Å². The van der Waals surface area contributed by atoms with Crippen LogP contribution in [-0.4, -0.2) is 50.5 Å². The van der Waals surface area contributed by atoms with Gasteiger partial charge in [0.2, 0.25) is 0 Å². The van der Waals surface area contributed by atoms with Crippen LogP contribution in [0.5, 0.6) is 5.75 Å². The standard InChI is InChI=1S/C13H18FNO.C11H12O2/c1-15-7-5-10(6-8-15)11-3-4-13(16-2)12(14)9-11;1-2-9-3-5-10(6-4-9)11(12)7-13-8-11/h3-4,9-10H,5-8H2,1-2H3;2-6,12H,1,7-8H2. The van der Waals surface area contributed by atoms with Gasteiger partial charge in [0.25, 0.3) is 0 Å². The second kappa shape index (κ2) is 9.53. The van der Waals surface area contributed by atoms with Gasteiger partial charge in [0, 0.05) is 0 Å². The smallest absolute Gasteiger partial charge is 0.165 e. The summed E-state index contributed by atoms with van der Waals surface area (Å²) in [6, 6.07) is 13.0. The quantitative estimate of drug-likeness (QED) is 0.837. The molecule has 4 nitrogen and oxygen atoms in total. The number of methoxy groups -OCH3 is 1. The molecule has 0 spiro atoms. The van der Waals surface area contributed by atoms with Gasteiger partial charge in [-0.15, -0.1) is 0 Å². The van der Waals surface area contributed by atoms with E-state index in [1.165, 1.54) is 7.11 Å². The lowest BCUT2D eigenvalue weighted by molar-refractivity contribution is -0.184. The Labute approximate surface area is 172 Å². The first kappa shape index (κ1) is 21.5. The Kier molecular flexibility index (Phi) is 7.06. The van der Waals surface area contributed by atoms with Gasteiger partial charge < -0.3 is 19.5 Å². The fourth-order valence-corrected chi connectivity index (χ4v) is 3.67. The van der Waals surface area contributed by atoms with Crippen LogP contribution in [0.25, 0.3) is 6.08 Å². The van der Waals surface area contributed by atoms with Crippen molar-refractivity contribution in [3.8, 4) is 5.75 Å². The first-order chi connectivity index (χ1) is 13.9. The van der Waals surface area contributed by atoms with Crippen LogP contribution in [0.1, 0.15) is 35.4 Å². The molecule has 156 valence electrons. The molecule has 0 unspecified atom stereocenters. The van der Waals surface area contributed by atoms with Crippen LogP contribution >= 0.6 is 0 Å². The van der Waals surface area contributed by atoms with Gasteiger partial charge in [0.1, 0.15) is 5.60 Å². The summed E-state index contributed by atoms with van der Waals surface area (Å²) in [6.07, 6.45) is 4.01. The Morgan fingerprint density at radius 1 is 1.17 bits per heavy atom. The average molecular weight is 400 g/mol. The minimum absolute atomic E-state index is 0.251. The molecule has 0 aromatic heterocycles. The SMILES string of the molecule is C=Cc1ccc(C2(O)COC2)cc1.COc1ccc(C2CCN(C)CC2)cc1F. The number of hydrogen-bond donors (Lipinski definition) is 1. The van der Waals surface area contributed by atoms with Gasteiger partial charge in [-0.3, -0.25) is 0 Å². The highest BCUT2D eigenvalue weighted by Gasteiger charge is 2.37. The van der Waals surface area contributed by atoms with E-state index in [1.54, 1.807) is 18.2 Å². The average Bonchev–Trinajstić information content (AvgIpc) is 2.73. The topological polar surface area (TPSA) is 41.9 Å². The molecule has 5 heteroatoms. The number of halogens is 1. The molecule has 2 fully saturated rings. The monoisotopic (exact) mass is 399 g/mol. The second-order valence-corrected chi connectivity index (χ2v) is 7.82. The van der Waals surface area contributed by atoms with Crippen molar-refractivity contribution >= 4 is 6.08 Å². The zero-order valence-corrected chi connectivity index (χ0v) is 17.2. The van der Waals surface area contributed by atoms with Crippen molar-refractivity contribution < 1.29 is 19.0 Å². The van der Waals surface area contributed by atoms with Gasteiger partial charge in [-0.1, -0.05) is 43.0 Å². The van der Waals surface area contributed by atoms with Gasteiger partial charge >= 0.3 is 0 Å². The molecule has 0 saturated carbocycles. The molecular weight excluding hydrogens is 369 g/mol. The lowest BCUT2D eigenvalue weighted by Gasteiger charge is -2.36. The third-order valence-corrected chi connectivity index (χ3v) is 5.73. The van der Waals surface area contributed by atoms with E-state index in [0.717, 1.165) is 42.6 Å². The normalized spacial score (nSPS) is 18.9. The Morgan fingerprint density at radius 2 is 1.83 bits per heavy atom. The van der Waals surface area contributed by atoms with Crippen LogP contribution in [0.2, 0.25) is 0 Å². The highest BCUT2D eigenvalue weighted by Crippen LogP contribution is 2.30. The predicted octanol–water partition coefficient (Wildman–Crippen LogP) is 4.19. The molecule has 0 radical (unpaired) electrons. The third-order valence-electron chi connectivity index (χ3n) is 5.73. The van der Waals surface area contributed by atoms with Crippen molar-refractivity contribution in [2.75, 3.05) is 40.5 Å². The molecule has 2 aromatic carbocycles. The summed E-state index contributed by atoms with van der Waals surface area (Å²) in [5.41, 5.74) is 2.34. The van der Waals surface area contributed by atoms with E-state index < -0.39 is 5.60 Å². The van der Waals surface area contributed by atoms with Crippen molar-refractivity contribution in [1.82, 2.24) is 4.90 Å². The fraction of sp³-hybridized carbons (Fsp3) is 0.417. The lowest BCUT2D eigenvalue weighted by Crippen LogP contribution is -2.46. The Hall–Kier alpha value is -2.21. The van der Waals surface area contributed by atoms with Crippen LogP contribution in [-0.2, 0) is 10.3 Å². The van der Waals surface area contributed by atoms with Crippen molar-refractivity contribution in [1.29, 1.82) is 0 Å². The minimum Gasteiger partial charge on any atom is -0.494 e. The van der Waals surface area contributed by atoms with Crippen LogP contribution in [0.4, 0.5) is 4.39 Å². The first-order valence-electron chi connectivity index (χ1n) is 10.0. The summed E-state index contributed by atoms with van der Waals surface area (Å²) in [5.74, 6) is 0.576. The van der Waals surface area contributed by atoms with Crippen molar-refractivity contribution in [3.05, 3.63) is 71.6 Å². The summed E-state index contributed by atoms with van der Waals surface area (Å²) in [4.78, 5) is 2.32. The lowest BCUT2D eigenvalue weighted by atomic mass is 9.89. The third kappa shape index (κ3) is 5.24. The number of ether oxygens (including phenoxy) is 2. The molecule has 29 heavy (non-hydrogen) atoms. The molecule has 2 aliphatic rings. The molecule has 0 aliphatic carbocycles. The minimum atomic E-state index is -0.750. The van der Waals surface area contributed by atoms with Gasteiger partial charge in [-0.05, 0) is 67.7 Å². The summed E-state index contributed by atoms with van der Waals surface area (Å²) in [5, 5.41) is 9.89. The molecular formula is C24H30FNO3. The number of likely N-dealkylation sites (tertiary alicyclic amines) is 1. The number of hydrogen-bond acceptors (Lipinski definition) is 4. The maximum atomic E-state index is 13.5. The molecule has 0 atom stereocenters. The molecule has 2 aromatic rings. The van der Waals surface area contributed by atoms with Gasteiger partial charge in [0.05, 0.1) is 20.3 Å². The molecule has 2 heterocycles. The van der Waals surface area contributed by atoms with Crippen LogP contribution in [0.3, 0.4) is 0 Å². The van der Waals surface area contributed by atoms with E-state index in [4.69, 9.17) is 9.47 Å². The van der Waals surface area contributed by atoms with Gasteiger partial charge in [-0.2, -0.15) is 0 Å². The summed E-state index contributed by atoms with van der Waals surface area (Å²) >= 11 is 0. The highest BCUT2D eigenvalue weighted by atomic mass is 19.1. The van der Waals surface area contributed by atoms with Crippen LogP contribution in [0.15, 0.2) is 49.0 Å². The van der Waals surface area contributed by atoms with E-state index in [9.17, 15) is 9.50 Å². The molecule has 4 rings (SSSR count). The van der Waals surface area contributed by atoms with E-state index >= 15 is 0 Å². The number of aliphatic hydroxyl groups is 1. The molecule has 2 saturated heterocycles. The zero-order chi connectivity index (χ0) is 20.9. The number of piperidine rings is 1. The zero-order valence-electron chi connectivity index (χ0n) is 17.2. The van der Waals surface area contributed by atoms with Gasteiger partial charge in [-0.25, -0.2) is 4.39 Å². The van der Waals surface area contributed by atoms with Crippen LogP contribution < -0.4 is 4.74 Å². The molecule has 0 bridgehead atoms. The van der Waals surface area contributed by atoms with Crippen LogP contribution in [0, 0.1) is 5.82 Å². The number of rotatable bonds is 4. The summed E-state index contributed by atoms with van der Waals surface area (Å²) in [6.45, 7) is 6.67. The Balaban J connectivity index is 0.000000169. The maximum absolute atomic E-state index is 13.5. The van der Waals surface area contributed by atoms with E-state index in [-0.39, 0.29) is 5.82 Å². The number of benzene rings is 2. The fourth-order valence-electron chi connectivity index (χ4n) is 3.67. The molecule has 0 amide bonds.